The number of rotatable bonds is 8. The van der Waals surface area contributed by atoms with Crippen LogP contribution in [0.3, 0.4) is 0 Å². The maximum atomic E-state index is 11.8. The predicted molar refractivity (Wildman–Crippen MR) is 116 cm³/mol. The molecule has 1 aliphatic rings. The molecule has 4 aromatic rings. The van der Waals surface area contributed by atoms with E-state index in [1.807, 2.05) is 24.3 Å². The van der Waals surface area contributed by atoms with Gasteiger partial charge in [-0.3, -0.25) is 0 Å². The fraction of sp³-hybridized carbons (Fsp3) is 0.286. The summed E-state index contributed by atoms with van der Waals surface area (Å²) >= 11 is 1.61. The number of benzene rings is 2. The van der Waals surface area contributed by atoms with Crippen molar-refractivity contribution in [3.63, 3.8) is 0 Å². The van der Waals surface area contributed by atoms with Crippen molar-refractivity contribution in [3.8, 4) is 11.1 Å². The maximum absolute atomic E-state index is 11.8. The third kappa shape index (κ3) is 4.28. The molecule has 0 atom stereocenters. The summed E-state index contributed by atoms with van der Waals surface area (Å²) in [5.74, 6) is 0.911. The highest BCUT2D eigenvalue weighted by Crippen LogP contribution is 2.29. The van der Waals surface area contributed by atoms with Gasteiger partial charge in [0.25, 0.3) is 0 Å². The monoisotopic (exact) mass is 440 g/mol. The van der Waals surface area contributed by atoms with Crippen molar-refractivity contribution in [1.82, 2.24) is 19.9 Å². The summed E-state index contributed by atoms with van der Waals surface area (Å²) < 4.78 is 33.1. The number of nitrogens with zero attached hydrogens (tertiary/aromatic N) is 3. The first kappa shape index (κ1) is 19.3. The molecule has 154 valence electrons. The van der Waals surface area contributed by atoms with Crippen LogP contribution in [0.15, 0.2) is 52.9 Å². The van der Waals surface area contributed by atoms with E-state index in [0.29, 0.717) is 24.6 Å². The highest BCUT2D eigenvalue weighted by Gasteiger charge is 2.35. The Morgan fingerprint density at radius 3 is 2.63 bits per heavy atom. The molecule has 0 bridgehead atoms. The van der Waals surface area contributed by atoms with Crippen LogP contribution in [-0.4, -0.2) is 35.4 Å². The Hall–Kier alpha value is -2.62. The number of aromatic nitrogens is 3. The third-order valence-electron chi connectivity index (χ3n) is 4.96. The lowest BCUT2D eigenvalue weighted by atomic mass is 10.1. The quantitative estimate of drug-likeness (QED) is 0.450. The Morgan fingerprint density at radius 1 is 1.03 bits per heavy atom. The molecule has 1 saturated carbocycles. The van der Waals surface area contributed by atoms with E-state index in [0.717, 1.165) is 33.6 Å². The molecule has 9 heteroatoms. The minimum absolute atomic E-state index is 0.225. The molecule has 0 radical (unpaired) electrons. The van der Waals surface area contributed by atoms with Crippen LogP contribution >= 0.6 is 11.3 Å². The summed E-state index contributed by atoms with van der Waals surface area (Å²) in [6.45, 7) is 0.268. The van der Waals surface area contributed by atoms with Gasteiger partial charge in [0.05, 0.1) is 21.9 Å². The first-order valence-electron chi connectivity index (χ1n) is 9.81. The van der Waals surface area contributed by atoms with Crippen molar-refractivity contribution >= 4 is 31.6 Å². The van der Waals surface area contributed by atoms with Crippen molar-refractivity contribution in [2.24, 2.45) is 0 Å². The molecule has 30 heavy (non-hydrogen) atoms. The number of sulfonamides is 1. The highest BCUT2D eigenvalue weighted by molar-refractivity contribution is 7.90. The predicted octanol–water partition coefficient (Wildman–Crippen LogP) is 3.56. The van der Waals surface area contributed by atoms with Gasteiger partial charge in [0.15, 0.2) is 0 Å². The Kier molecular flexibility index (Phi) is 5.10. The van der Waals surface area contributed by atoms with E-state index < -0.39 is 10.0 Å². The molecule has 2 aromatic heterocycles. The van der Waals surface area contributed by atoms with Crippen LogP contribution in [-0.2, 0) is 22.9 Å². The zero-order chi connectivity index (χ0) is 20.6. The summed E-state index contributed by atoms with van der Waals surface area (Å²) in [6, 6.07) is 16.5. The molecule has 5 rings (SSSR count). The normalized spacial score (nSPS) is 14.4. The van der Waals surface area contributed by atoms with Gasteiger partial charge >= 0.3 is 0 Å². The van der Waals surface area contributed by atoms with Crippen LogP contribution in [0.5, 0.6) is 0 Å². The van der Waals surface area contributed by atoms with Gasteiger partial charge in [-0.2, -0.15) is 0 Å². The van der Waals surface area contributed by atoms with Gasteiger partial charge in [0, 0.05) is 13.0 Å². The highest BCUT2D eigenvalue weighted by atomic mass is 32.2. The second-order valence-electron chi connectivity index (χ2n) is 7.31. The van der Waals surface area contributed by atoms with Gasteiger partial charge in [-0.15, -0.1) is 21.5 Å². The van der Waals surface area contributed by atoms with Crippen LogP contribution in [0.1, 0.15) is 29.6 Å². The van der Waals surface area contributed by atoms with E-state index >= 15 is 0 Å². The Balaban J connectivity index is 1.24. The number of hydrogen-bond acceptors (Lipinski definition) is 7. The molecule has 0 amide bonds. The minimum Gasteiger partial charge on any atom is -0.425 e. The molecule has 0 saturated heterocycles. The Morgan fingerprint density at radius 2 is 1.83 bits per heavy atom. The molecule has 1 N–H and O–H groups in total. The SMILES string of the molecule is O=S(=O)(NCCc1nnc(Cc2nc3ccc(-c4ccccc4)cc3s2)o1)C1CC1. The number of thiazole rings is 1. The number of nitrogens with one attached hydrogen (secondary N) is 1. The molecular formula is C21H20N4O3S2. The van der Waals surface area contributed by atoms with Crippen molar-refractivity contribution < 1.29 is 12.8 Å². The van der Waals surface area contributed by atoms with Crippen molar-refractivity contribution in [2.75, 3.05) is 6.54 Å². The van der Waals surface area contributed by atoms with E-state index in [9.17, 15) is 8.42 Å². The Bertz CT molecular complexity index is 1280. The van der Waals surface area contributed by atoms with Crippen molar-refractivity contribution in [3.05, 3.63) is 65.3 Å². The lowest BCUT2D eigenvalue weighted by Gasteiger charge is -2.02. The fourth-order valence-corrected chi connectivity index (χ4v) is 5.62. The Labute approximate surface area is 178 Å². The summed E-state index contributed by atoms with van der Waals surface area (Å²) in [5, 5.41) is 8.79. The average Bonchev–Trinajstić information content (AvgIpc) is 3.41. The molecule has 0 spiro atoms. The molecule has 7 nitrogen and oxygen atoms in total. The van der Waals surface area contributed by atoms with Crippen LogP contribution in [0.4, 0.5) is 0 Å². The van der Waals surface area contributed by atoms with Gasteiger partial charge in [-0.1, -0.05) is 36.4 Å². The molecule has 0 aliphatic heterocycles. The van der Waals surface area contributed by atoms with Crippen LogP contribution in [0.2, 0.25) is 0 Å². The minimum atomic E-state index is -3.19. The molecule has 2 heterocycles. The van der Waals surface area contributed by atoms with Gasteiger partial charge < -0.3 is 4.42 Å². The van der Waals surface area contributed by atoms with E-state index in [-0.39, 0.29) is 11.8 Å². The third-order valence-corrected chi connectivity index (χ3v) is 7.93. The molecule has 2 aromatic carbocycles. The average molecular weight is 441 g/mol. The second kappa shape index (κ2) is 7.90. The van der Waals surface area contributed by atoms with Crippen LogP contribution < -0.4 is 4.72 Å². The lowest BCUT2D eigenvalue weighted by molar-refractivity contribution is 0.456. The fourth-order valence-electron chi connectivity index (χ4n) is 3.24. The zero-order valence-corrected chi connectivity index (χ0v) is 17.7. The standard InChI is InChI=1S/C21H20N4O3S2/c26-30(27,16-7-8-16)22-11-10-19-24-25-20(28-19)13-21-23-17-9-6-15(12-18(17)29-21)14-4-2-1-3-5-14/h1-6,9,12,16,22H,7-8,10-11,13H2. The van der Waals surface area contributed by atoms with E-state index in [1.165, 1.54) is 5.56 Å². The molecule has 1 aliphatic carbocycles. The smallest absolute Gasteiger partial charge is 0.223 e. The second-order valence-corrected chi connectivity index (χ2v) is 10.5. The van der Waals surface area contributed by atoms with E-state index in [4.69, 9.17) is 4.42 Å². The summed E-state index contributed by atoms with van der Waals surface area (Å²) in [6.07, 6.45) is 2.32. The van der Waals surface area contributed by atoms with E-state index in [1.54, 1.807) is 11.3 Å². The van der Waals surface area contributed by atoms with Gasteiger partial charge in [-0.25, -0.2) is 18.1 Å². The first-order valence-corrected chi connectivity index (χ1v) is 12.2. The van der Waals surface area contributed by atoms with Crippen molar-refractivity contribution in [2.45, 2.75) is 30.9 Å². The zero-order valence-electron chi connectivity index (χ0n) is 16.1. The van der Waals surface area contributed by atoms with Crippen molar-refractivity contribution in [1.29, 1.82) is 0 Å². The van der Waals surface area contributed by atoms with Gasteiger partial charge in [-0.05, 0) is 36.1 Å². The number of fused-ring (bicyclic) bond motifs is 1. The summed E-state index contributed by atoms with van der Waals surface area (Å²) in [4.78, 5) is 4.67. The van der Waals surface area contributed by atoms with E-state index in [2.05, 4.69) is 44.2 Å². The lowest BCUT2D eigenvalue weighted by Crippen LogP contribution is -2.29. The largest absolute Gasteiger partial charge is 0.425 e. The first-order chi connectivity index (χ1) is 14.6. The maximum Gasteiger partial charge on any atom is 0.223 e. The topological polar surface area (TPSA) is 98.0 Å². The molecule has 1 fully saturated rings. The van der Waals surface area contributed by atoms with Gasteiger partial charge in [0.1, 0.15) is 5.01 Å². The number of hydrogen-bond donors (Lipinski definition) is 1. The molecule has 0 unspecified atom stereocenters. The summed E-state index contributed by atoms with van der Waals surface area (Å²) in [7, 11) is -3.19. The van der Waals surface area contributed by atoms with Gasteiger partial charge in [0.2, 0.25) is 21.8 Å². The van der Waals surface area contributed by atoms with Crippen LogP contribution in [0, 0.1) is 0 Å². The molecular weight excluding hydrogens is 420 g/mol. The summed E-state index contributed by atoms with van der Waals surface area (Å²) in [5.41, 5.74) is 3.28. The van der Waals surface area contributed by atoms with Crippen LogP contribution in [0.25, 0.3) is 21.3 Å².